The average Bonchev–Trinajstić information content (AvgIpc) is 3.23. The van der Waals surface area contributed by atoms with Crippen molar-refractivity contribution in [2.45, 2.75) is 89.5 Å². The minimum atomic E-state index is -1.00. The number of hydrogen-bond donors (Lipinski definition) is 2. The molecule has 3 saturated heterocycles. The number of esters is 1. The third-order valence-corrected chi connectivity index (χ3v) is 6.98. The van der Waals surface area contributed by atoms with Crippen molar-refractivity contribution in [3.8, 4) is 0 Å². The second kappa shape index (κ2) is 8.83. The minimum Gasteiger partial charge on any atom is -0.466 e. The Balaban J connectivity index is 1.95. The summed E-state index contributed by atoms with van der Waals surface area (Å²) in [6, 6.07) is -0.781. The van der Waals surface area contributed by atoms with E-state index in [4.69, 9.17) is 14.6 Å². The number of carbonyl (C=O) groups is 3. The van der Waals surface area contributed by atoms with Crippen LogP contribution in [0.3, 0.4) is 0 Å². The molecule has 8 nitrogen and oxygen atoms in total. The number of nitrogens with one attached hydrogen (secondary N) is 1. The van der Waals surface area contributed by atoms with Gasteiger partial charge in [-0.25, -0.2) is 0 Å². The Morgan fingerprint density at radius 2 is 2.07 bits per heavy atom. The van der Waals surface area contributed by atoms with Crippen LogP contribution in [0.2, 0.25) is 0 Å². The van der Waals surface area contributed by atoms with E-state index in [1.54, 1.807) is 11.8 Å². The number of aliphatic hydroxyl groups excluding tert-OH is 1. The number of likely N-dealkylation sites (tertiary alicyclic amines) is 1. The van der Waals surface area contributed by atoms with Crippen LogP contribution < -0.4 is 5.32 Å². The maximum Gasteiger partial charge on any atom is 0.312 e. The molecule has 6 atom stereocenters. The summed E-state index contributed by atoms with van der Waals surface area (Å²) in [6.45, 7) is 8.24. The van der Waals surface area contributed by atoms with Gasteiger partial charge >= 0.3 is 5.97 Å². The van der Waals surface area contributed by atoms with Gasteiger partial charge in [-0.2, -0.15) is 0 Å². The normalized spacial score (nSPS) is 35.4. The van der Waals surface area contributed by atoms with E-state index in [1.807, 2.05) is 13.8 Å². The minimum absolute atomic E-state index is 0.0117. The average molecular weight is 425 g/mol. The molecule has 0 radical (unpaired) electrons. The van der Waals surface area contributed by atoms with E-state index in [0.717, 1.165) is 12.8 Å². The number of carbonyl (C=O) groups excluding carboxylic acids is 3. The zero-order valence-electron chi connectivity index (χ0n) is 18.6. The third-order valence-electron chi connectivity index (χ3n) is 6.98. The Morgan fingerprint density at radius 3 is 2.70 bits per heavy atom. The van der Waals surface area contributed by atoms with Crippen LogP contribution in [0.5, 0.6) is 0 Å². The van der Waals surface area contributed by atoms with Crippen LogP contribution >= 0.6 is 0 Å². The summed E-state index contributed by atoms with van der Waals surface area (Å²) in [5, 5.41) is 12.2. The van der Waals surface area contributed by atoms with Crippen LogP contribution in [0.1, 0.15) is 66.2 Å². The zero-order chi connectivity index (χ0) is 22.1. The number of nitrogens with zero attached hydrogens (tertiary/aromatic N) is 1. The van der Waals surface area contributed by atoms with Gasteiger partial charge in [0.25, 0.3) is 0 Å². The Hall–Kier alpha value is -1.67. The lowest BCUT2D eigenvalue weighted by atomic mass is 9.66. The molecule has 0 aliphatic carbocycles. The smallest absolute Gasteiger partial charge is 0.312 e. The van der Waals surface area contributed by atoms with Crippen LogP contribution in [0.25, 0.3) is 0 Å². The summed E-state index contributed by atoms with van der Waals surface area (Å²) in [4.78, 5) is 41.4. The van der Waals surface area contributed by atoms with Crippen LogP contribution in [0.4, 0.5) is 0 Å². The number of aliphatic hydroxyl groups is 1. The fraction of sp³-hybridized carbons (Fsp3) is 0.864. The number of fused-ring (bicyclic) bond motifs is 1. The number of unbranched alkanes of at least 4 members (excludes halogenated alkanes) is 1. The molecule has 3 unspecified atom stereocenters. The van der Waals surface area contributed by atoms with Crippen LogP contribution in [-0.4, -0.2) is 70.8 Å². The molecule has 170 valence electrons. The lowest BCUT2D eigenvalue weighted by molar-refractivity contribution is -0.159. The van der Waals surface area contributed by atoms with Gasteiger partial charge in [-0.15, -0.1) is 0 Å². The molecule has 30 heavy (non-hydrogen) atoms. The molecular formula is C22H36N2O6. The molecular weight excluding hydrogens is 388 g/mol. The van der Waals surface area contributed by atoms with E-state index in [9.17, 15) is 14.4 Å². The van der Waals surface area contributed by atoms with Gasteiger partial charge in [0.1, 0.15) is 17.6 Å². The highest BCUT2D eigenvalue weighted by Gasteiger charge is 2.78. The second-order valence-corrected chi connectivity index (χ2v) is 9.14. The van der Waals surface area contributed by atoms with Gasteiger partial charge in [0.15, 0.2) is 0 Å². The first kappa shape index (κ1) is 23.0. The highest BCUT2D eigenvalue weighted by atomic mass is 16.6. The molecule has 0 aromatic heterocycles. The Kier molecular flexibility index (Phi) is 6.77. The van der Waals surface area contributed by atoms with Gasteiger partial charge in [0, 0.05) is 19.2 Å². The summed E-state index contributed by atoms with van der Waals surface area (Å²) in [7, 11) is 0. The van der Waals surface area contributed by atoms with Crippen LogP contribution in [0.15, 0.2) is 0 Å². The first-order chi connectivity index (χ1) is 14.3. The first-order valence-corrected chi connectivity index (χ1v) is 11.3. The van der Waals surface area contributed by atoms with E-state index in [1.165, 1.54) is 0 Å². The molecule has 3 heterocycles. The van der Waals surface area contributed by atoms with Gasteiger partial charge in [0.2, 0.25) is 11.8 Å². The van der Waals surface area contributed by atoms with Crippen molar-refractivity contribution in [1.29, 1.82) is 0 Å². The fourth-order valence-corrected chi connectivity index (χ4v) is 5.78. The molecule has 0 saturated carbocycles. The fourth-order valence-electron chi connectivity index (χ4n) is 5.78. The number of rotatable bonds is 10. The van der Waals surface area contributed by atoms with E-state index >= 15 is 0 Å². The summed E-state index contributed by atoms with van der Waals surface area (Å²) in [5.41, 5.74) is -1.80. The topological polar surface area (TPSA) is 105 Å². The van der Waals surface area contributed by atoms with Gasteiger partial charge in [-0.3, -0.25) is 14.4 Å². The largest absolute Gasteiger partial charge is 0.466 e. The van der Waals surface area contributed by atoms with E-state index in [2.05, 4.69) is 12.2 Å². The van der Waals surface area contributed by atoms with Crippen molar-refractivity contribution < 1.29 is 29.0 Å². The number of hydrogen-bond acceptors (Lipinski definition) is 6. The Labute approximate surface area is 178 Å². The molecule has 2 N–H and O–H groups in total. The van der Waals surface area contributed by atoms with E-state index < -0.39 is 35.0 Å². The summed E-state index contributed by atoms with van der Waals surface area (Å²) < 4.78 is 11.8. The van der Waals surface area contributed by atoms with E-state index in [0.29, 0.717) is 32.2 Å². The molecule has 1 spiro atoms. The van der Waals surface area contributed by atoms with Gasteiger partial charge in [-0.05, 0) is 52.9 Å². The molecule has 0 aromatic carbocycles. The molecule has 8 heteroatoms. The maximum absolute atomic E-state index is 13.5. The highest BCUT2D eigenvalue weighted by Crippen LogP contribution is 2.63. The van der Waals surface area contributed by atoms with Crippen molar-refractivity contribution in [1.82, 2.24) is 10.2 Å². The van der Waals surface area contributed by atoms with Crippen LogP contribution in [0, 0.1) is 11.8 Å². The molecule has 0 aromatic rings. The first-order valence-electron chi connectivity index (χ1n) is 11.3. The predicted octanol–water partition coefficient (Wildman–Crippen LogP) is 1.39. The quantitative estimate of drug-likeness (QED) is 0.406. The monoisotopic (exact) mass is 424 g/mol. The Morgan fingerprint density at radius 1 is 1.33 bits per heavy atom. The molecule has 3 aliphatic heterocycles. The van der Waals surface area contributed by atoms with Gasteiger partial charge in [-0.1, -0.05) is 13.3 Å². The van der Waals surface area contributed by atoms with Crippen LogP contribution in [-0.2, 0) is 23.9 Å². The SMILES string of the molecule is CCCC(C)NC(=O)C1N(CCCCO)C(=O)[C@@H]2[C@H](C(=O)OCC)[C@]3(C)CCC12O3. The standard InChI is InChI=1S/C22H36N2O6/c1-5-9-14(3)23-18(26)17-22-11-10-21(4,30-22)16(20(28)29-6-2)15(22)19(27)24(17)12-7-8-13-25/h14-17,25H,5-13H2,1-4H3,(H,23,26)/t14?,15-,16+,17?,21-,22?/m0/s1. The van der Waals surface area contributed by atoms with Crippen molar-refractivity contribution in [3.63, 3.8) is 0 Å². The van der Waals surface area contributed by atoms with E-state index in [-0.39, 0.29) is 31.1 Å². The van der Waals surface area contributed by atoms with Gasteiger partial charge in [0.05, 0.1) is 18.1 Å². The number of amides is 2. The highest BCUT2D eigenvalue weighted by molar-refractivity contribution is 5.98. The molecule has 2 bridgehead atoms. The lowest BCUT2D eigenvalue weighted by Gasteiger charge is -2.34. The Bertz CT molecular complexity index is 685. The summed E-state index contributed by atoms with van der Waals surface area (Å²) in [6.07, 6.45) is 4.09. The van der Waals surface area contributed by atoms with Crippen molar-refractivity contribution in [3.05, 3.63) is 0 Å². The van der Waals surface area contributed by atoms with Crippen molar-refractivity contribution >= 4 is 17.8 Å². The van der Waals surface area contributed by atoms with Crippen molar-refractivity contribution in [2.75, 3.05) is 19.8 Å². The lowest BCUT2D eigenvalue weighted by Crippen LogP contribution is -2.56. The zero-order valence-corrected chi connectivity index (χ0v) is 18.6. The van der Waals surface area contributed by atoms with Gasteiger partial charge < -0.3 is 24.8 Å². The molecule has 3 aliphatic rings. The maximum atomic E-state index is 13.5. The number of ether oxygens (including phenoxy) is 2. The third kappa shape index (κ3) is 3.62. The van der Waals surface area contributed by atoms with Crippen molar-refractivity contribution in [2.24, 2.45) is 11.8 Å². The second-order valence-electron chi connectivity index (χ2n) is 9.14. The molecule has 3 rings (SSSR count). The summed E-state index contributed by atoms with van der Waals surface area (Å²) in [5.74, 6) is -2.26. The molecule has 3 fully saturated rings. The predicted molar refractivity (Wildman–Crippen MR) is 109 cm³/mol. The summed E-state index contributed by atoms with van der Waals surface area (Å²) >= 11 is 0. The molecule has 2 amide bonds.